The Bertz CT molecular complexity index is 383. The summed E-state index contributed by atoms with van der Waals surface area (Å²) in [7, 11) is -1.69. The third kappa shape index (κ3) is 4.53. The second-order valence-corrected chi connectivity index (χ2v) is 10.5. The fraction of sp³-hybridized carbons (Fsp3) is 0.500. The summed E-state index contributed by atoms with van der Waals surface area (Å²) in [6.07, 6.45) is 5.36. The first-order valence-electron chi connectivity index (χ1n) is 6.19. The van der Waals surface area contributed by atoms with Gasteiger partial charge in [-0.3, -0.25) is 0 Å². The quantitative estimate of drug-likeness (QED) is 0.596. The Morgan fingerprint density at radius 2 is 2.00 bits per heavy atom. The van der Waals surface area contributed by atoms with E-state index in [4.69, 9.17) is 9.16 Å². The minimum Gasteiger partial charge on any atom is -0.549 e. The Labute approximate surface area is 111 Å². The van der Waals surface area contributed by atoms with Crippen molar-refractivity contribution in [2.45, 2.75) is 38.9 Å². The second kappa shape index (κ2) is 6.04. The normalized spacial score (nSPS) is 12.7. The van der Waals surface area contributed by atoms with Crippen molar-refractivity contribution < 1.29 is 9.16 Å². The molecule has 1 heterocycles. The lowest BCUT2D eigenvalue weighted by atomic mass is 10.2. The van der Waals surface area contributed by atoms with Crippen LogP contribution in [0.15, 0.2) is 36.7 Å². The van der Waals surface area contributed by atoms with Crippen LogP contribution in [0.3, 0.4) is 0 Å². The van der Waals surface area contributed by atoms with Crippen molar-refractivity contribution in [3.8, 4) is 5.88 Å². The number of rotatable bonds is 5. The number of aromatic nitrogens is 1. The standard InChI is InChI=1S/C14H23NO2Si/c1-14(2,3)18(4,5)17-12-8-11-16-13-9-6-7-10-15-13/h6-10,12H,11H2,1-5H3/b12-8+. The molecule has 4 heteroatoms. The number of pyridine rings is 1. The number of nitrogens with zero attached hydrogens (tertiary/aromatic N) is 1. The summed E-state index contributed by atoms with van der Waals surface area (Å²) < 4.78 is 11.3. The first-order chi connectivity index (χ1) is 8.33. The van der Waals surface area contributed by atoms with Crippen LogP contribution >= 0.6 is 0 Å². The van der Waals surface area contributed by atoms with Gasteiger partial charge < -0.3 is 9.16 Å². The highest BCUT2D eigenvalue weighted by Crippen LogP contribution is 2.36. The third-order valence-electron chi connectivity index (χ3n) is 3.23. The van der Waals surface area contributed by atoms with Crippen molar-refractivity contribution in [3.63, 3.8) is 0 Å². The van der Waals surface area contributed by atoms with Crippen LogP contribution in [0.2, 0.25) is 18.1 Å². The first kappa shape index (κ1) is 14.8. The Morgan fingerprint density at radius 1 is 1.28 bits per heavy atom. The van der Waals surface area contributed by atoms with Gasteiger partial charge in [-0.05, 0) is 30.3 Å². The monoisotopic (exact) mass is 265 g/mol. The number of ether oxygens (including phenoxy) is 1. The van der Waals surface area contributed by atoms with Gasteiger partial charge in [-0.25, -0.2) is 4.98 Å². The van der Waals surface area contributed by atoms with Gasteiger partial charge >= 0.3 is 0 Å². The van der Waals surface area contributed by atoms with Gasteiger partial charge in [0, 0.05) is 12.3 Å². The molecule has 0 bridgehead atoms. The van der Waals surface area contributed by atoms with Crippen LogP contribution in [-0.4, -0.2) is 19.9 Å². The van der Waals surface area contributed by atoms with Gasteiger partial charge in [0.15, 0.2) is 0 Å². The minimum absolute atomic E-state index is 0.221. The topological polar surface area (TPSA) is 31.4 Å². The van der Waals surface area contributed by atoms with E-state index in [0.29, 0.717) is 12.5 Å². The smallest absolute Gasteiger partial charge is 0.249 e. The Morgan fingerprint density at radius 3 is 2.56 bits per heavy atom. The summed E-state index contributed by atoms with van der Waals surface area (Å²) in [6, 6.07) is 5.60. The first-order valence-corrected chi connectivity index (χ1v) is 9.10. The molecule has 0 aromatic carbocycles. The molecule has 0 spiro atoms. The van der Waals surface area contributed by atoms with Gasteiger partial charge in [-0.15, -0.1) is 0 Å². The SMILES string of the molecule is CC(C)(C)[Si](C)(C)O/C=C/COc1ccccn1. The molecule has 0 saturated carbocycles. The summed E-state index contributed by atoms with van der Waals surface area (Å²) in [5.74, 6) is 0.634. The molecule has 0 fully saturated rings. The molecular weight excluding hydrogens is 242 g/mol. The molecule has 0 radical (unpaired) electrons. The average molecular weight is 265 g/mol. The molecule has 0 unspecified atom stereocenters. The van der Waals surface area contributed by atoms with E-state index in [9.17, 15) is 0 Å². The zero-order chi connectivity index (χ0) is 13.6. The molecule has 0 amide bonds. The summed E-state index contributed by atoms with van der Waals surface area (Å²) in [4.78, 5) is 4.08. The van der Waals surface area contributed by atoms with Crippen LogP contribution in [0.5, 0.6) is 5.88 Å². The average Bonchev–Trinajstić information content (AvgIpc) is 2.28. The van der Waals surface area contributed by atoms with E-state index in [2.05, 4.69) is 38.8 Å². The van der Waals surface area contributed by atoms with Crippen LogP contribution in [-0.2, 0) is 4.43 Å². The van der Waals surface area contributed by atoms with Crippen LogP contribution in [0.4, 0.5) is 0 Å². The van der Waals surface area contributed by atoms with Gasteiger partial charge in [-0.2, -0.15) is 0 Å². The Balaban J connectivity index is 2.35. The molecule has 18 heavy (non-hydrogen) atoms. The van der Waals surface area contributed by atoms with Crippen molar-refractivity contribution in [2.75, 3.05) is 6.61 Å². The predicted octanol–water partition coefficient (Wildman–Crippen LogP) is 4.00. The molecule has 1 rings (SSSR count). The molecule has 0 aliphatic heterocycles. The van der Waals surface area contributed by atoms with Crippen LogP contribution in [0.1, 0.15) is 20.8 Å². The van der Waals surface area contributed by atoms with E-state index in [-0.39, 0.29) is 5.04 Å². The van der Waals surface area contributed by atoms with Gasteiger partial charge in [0.2, 0.25) is 14.2 Å². The molecule has 0 atom stereocenters. The van der Waals surface area contributed by atoms with Gasteiger partial charge in [0.05, 0.1) is 6.26 Å². The zero-order valence-electron chi connectivity index (χ0n) is 11.9. The fourth-order valence-corrected chi connectivity index (χ4v) is 1.79. The number of hydrogen-bond acceptors (Lipinski definition) is 3. The van der Waals surface area contributed by atoms with E-state index in [1.807, 2.05) is 24.3 Å². The lowest BCUT2D eigenvalue weighted by Crippen LogP contribution is -2.39. The van der Waals surface area contributed by atoms with E-state index in [1.54, 1.807) is 12.5 Å². The van der Waals surface area contributed by atoms with Crippen LogP contribution in [0, 0.1) is 0 Å². The lowest BCUT2D eigenvalue weighted by molar-refractivity contribution is 0.342. The van der Waals surface area contributed by atoms with E-state index in [0.717, 1.165) is 0 Å². The molecule has 0 N–H and O–H groups in total. The van der Waals surface area contributed by atoms with E-state index >= 15 is 0 Å². The zero-order valence-corrected chi connectivity index (χ0v) is 12.9. The van der Waals surface area contributed by atoms with Crippen LogP contribution < -0.4 is 4.74 Å². The third-order valence-corrected chi connectivity index (χ3v) is 7.57. The predicted molar refractivity (Wildman–Crippen MR) is 77.2 cm³/mol. The molecule has 0 saturated heterocycles. The summed E-state index contributed by atoms with van der Waals surface area (Å²) in [5, 5.41) is 0.221. The van der Waals surface area contributed by atoms with Crippen molar-refractivity contribution in [2.24, 2.45) is 0 Å². The molecule has 100 valence electrons. The molecule has 3 nitrogen and oxygen atoms in total. The molecular formula is C14H23NO2Si. The number of hydrogen-bond donors (Lipinski definition) is 0. The van der Waals surface area contributed by atoms with Crippen molar-refractivity contribution in [1.82, 2.24) is 4.98 Å². The van der Waals surface area contributed by atoms with Crippen LogP contribution in [0.25, 0.3) is 0 Å². The second-order valence-electron chi connectivity index (χ2n) is 5.73. The fourth-order valence-electron chi connectivity index (χ4n) is 1.00. The summed E-state index contributed by atoms with van der Waals surface area (Å²) in [5.41, 5.74) is 0. The van der Waals surface area contributed by atoms with Gasteiger partial charge in [0.25, 0.3) is 0 Å². The summed E-state index contributed by atoms with van der Waals surface area (Å²) >= 11 is 0. The molecule has 1 aromatic heterocycles. The van der Waals surface area contributed by atoms with Crippen molar-refractivity contribution in [1.29, 1.82) is 0 Å². The minimum atomic E-state index is -1.69. The molecule has 1 aromatic rings. The largest absolute Gasteiger partial charge is 0.549 e. The summed E-state index contributed by atoms with van der Waals surface area (Å²) in [6.45, 7) is 11.6. The Hall–Kier alpha value is -1.29. The highest BCUT2D eigenvalue weighted by atomic mass is 28.4. The maximum atomic E-state index is 5.89. The van der Waals surface area contributed by atoms with Gasteiger partial charge in [-0.1, -0.05) is 26.8 Å². The molecule has 0 aliphatic rings. The van der Waals surface area contributed by atoms with E-state index < -0.39 is 8.32 Å². The maximum Gasteiger partial charge on any atom is 0.249 e. The van der Waals surface area contributed by atoms with Crippen molar-refractivity contribution >= 4 is 8.32 Å². The Kier molecular flexibility index (Phi) is 4.96. The van der Waals surface area contributed by atoms with Gasteiger partial charge in [0.1, 0.15) is 6.61 Å². The lowest BCUT2D eigenvalue weighted by Gasteiger charge is -2.34. The highest BCUT2D eigenvalue weighted by molar-refractivity contribution is 6.74. The molecule has 0 aliphatic carbocycles. The van der Waals surface area contributed by atoms with E-state index in [1.165, 1.54) is 0 Å². The maximum absolute atomic E-state index is 5.89. The van der Waals surface area contributed by atoms with Crippen molar-refractivity contribution in [3.05, 3.63) is 36.7 Å². The highest BCUT2D eigenvalue weighted by Gasteiger charge is 2.37.